The molecule has 1 aliphatic heterocycles. The molecule has 0 aromatic carbocycles. The second-order valence-corrected chi connectivity index (χ2v) is 5.44. The van der Waals surface area contributed by atoms with Crippen molar-refractivity contribution in [3.05, 3.63) is 0 Å². The van der Waals surface area contributed by atoms with Crippen LogP contribution in [0.4, 0.5) is 0 Å². The summed E-state index contributed by atoms with van der Waals surface area (Å²) < 4.78 is 5.31. The number of amides is 1. The van der Waals surface area contributed by atoms with E-state index < -0.39 is 5.41 Å². The van der Waals surface area contributed by atoms with Gasteiger partial charge in [0.2, 0.25) is 5.91 Å². The summed E-state index contributed by atoms with van der Waals surface area (Å²) in [5.41, 5.74) is 4.96. The molecule has 1 saturated heterocycles. The van der Waals surface area contributed by atoms with E-state index in [9.17, 15) is 4.79 Å². The molecule has 0 aliphatic carbocycles. The van der Waals surface area contributed by atoms with Gasteiger partial charge in [0.15, 0.2) is 0 Å². The van der Waals surface area contributed by atoms with Crippen LogP contribution in [0.15, 0.2) is 0 Å². The zero-order valence-electron chi connectivity index (χ0n) is 11.5. The third-order valence-electron chi connectivity index (χ3n) is 4.18. The van der Waals surface area contributed by atoms with Gasteiger partial charge in [0.05, 0.1) is 5.41 Å². The van der Waals surface area contributed by atoms with Crippen LogP contribution >= 0.6 is 0 Å². The maximum atomic E-state index is 12.5. The molecule has 1 unspecified atom stereocenters. The highest BCUT2D eigenvalue weighted by Gasteiger charge is 2.41. The molecule has 0 aromatic rings. The first kappa shape index (κ1) is 15.4. The molecule has 1 fully saturated rings. The van der Waals surface area contributed by atoms with Gasteiger partial charge in [-0.25, -0.2) is 0 Å². The number of hydrogen-bond donors (Lipinski definition) is 3. The first-order chi connectivity index (χ1) is 8.52. The van der Waals surface area contributed by atoms with E-state index in [-0.39, 0.29) is 18.1 Å². The van der Waals surface area contributed by atoms with Crippen LogP contribution in [0.2, 0.25) is 0 Å². The van der Waals surface area contributed by atoms with Crippen molar-refractivity contribution in [2.24, 2.45) is 11.1 Å². The number of ether oxygens (including phenoxy) is 1. The normalized spacial score (nSPS) is 22.2. The fourth-order valence-corrected chi connectivity index (χ4v) is 2.27. The molecule has 106 valence electrons. The van der Waals surface area contributed by atoms with Gasteiger partial charge in [-0.15, -0.1) is 0 Å². The van der Waals surface area contributed by atoms with Gasteiger partial charge in [-0.1, -0.05) is 6.92 Å². The molecule has 0 spiro atoms. The maximum absolute atomic E-state index is 12.5. The fraction of sp³-hybridized carbons (Fsp3) is 0.923. The van der Waals surface area contributed by atoms with E-state index in [1.165, 1.54) is 0 Å². The average Bonchev–Trinajstić information content (AvgIpc) is 2.39. The monoisotopic (exact) mass is 258 g/mol. The van der Waals surface area contributed by atoms with Crippen molar-refractivity contribution >= 4 is 5.91 Å². The highest BCUT2D eigenvalue weighted by atomic mass is 16.5. The lowest BCUT2D eigenvalue weighted by Gasteiger charge is -2.39. The number of aliphatic hydroxyl groups is 1. The Bertz CT molecular complexity index is 277. The van der Waals surface area contributed by atoms with Crippen LogP contribution in [0.5, 0.6) is 0 Å². The summed E-state index contributed by atoms with van der Waals surface area (Å²) in [5.74, 6) is 0.00565. The molecule has 1 heterocycles. The Morgan fingerprint density at radius 3 is 2.56 bits per heavy atom. The van der Waals surface area contributed by atoms with Gasteiger partial charge in [0, 0.05) is 31.9 Å². The Morgan fingerprint density at radius 1 is 1.50 bits per heavy atom. The minimum absolute atomic E-state index is 0.00565. The first-order valence-electron chi connectivity index (χ1n) is 6.73. The van der Waals surface area contributed by atoms with Gasteiger partial charge < -0.3 is 20.9 Å². The van der Waals surface area contributed by atoms with E-state index in [1.807, 2.05) is 13.8 Å². The molecule has 0 radical (unpaired) electrons. The second kappa shape index (κ2) is 6.50. The van der Waals surface area contributed by atoms with Crippen LogP contribution < -0.4 is 11.1 Å². The molecule has 0 bridgehead atoms. The lowest BCUT2D eigenvalue weighted by molar-refractivity contribution is -0.138. The SMILES string of the molecule is CCC(C)(CCO)NC(=O)C1(CN)CCOCC1. The van der Waals surface area contributed by atoms with E-state index in [4.69, 9.17) is 15.6 Å². The van der Waals surface area contributed by atoms with Gasteiger partial charge >= 0.3 is 0 Å². The van der Waals surface area contributed by atoms with Gasteiger partial charge in [-0.2, -0.15) is 0 Å². The quantitative estimate of drug-likeness (QED) is 0.644. The van der Waals surface area contributed by atoms with Crippen LogP contribution in [0.25, 0.3) is 0 Å². The molecular formula is C13H26N2O3. The van der Waals surface area contributed by atoms with Crippen molar-refractivity contribution in [1.29, 1.82) is 0 Å². The molecule has 1 amide bonds. The van der Waals surface area contributed by atoms with Crippen LogP contribution in [0.1, 0.15) is 39.5 Å². The molecule has 0 aromatic heterocycles. The van der Waals surface area contributed by atoms with Crippen molar-refractivity contribution in [2.75, 3.05) is 26.4 Å². The van der Waals surface area contributed by atoms with Crippen LogP contribution in [0, 0.1) is 5.41 Å². The summed E-state index contributed by atoms with van der Waals surface area (Å²) in [5, 5.41) is 12.2. The molecule has 1 atom stereocenters. The Balaban J connectivity index is 2.72. The Kier molecular flexibility index (Phi) is 5.56. The molecule has 18 heavy (non-hydrogen) atoms. The number of hydrogen-bond acceptors (Lipinski definition) is 4. The molecule has 1 rings (SSSR count). The highest BCUT2D eigenvalue weighted by molar-refractivity contribution is 5.83. The van der Waals surface area contributed by atoms with Crippen molar-refractivity contribution < 1.29 is 14.6 Å². The predicted molar refractivity (Wildman–Crippen MR) is 70.1 cm³/mol. The summed E-state index contributed by atoms with van der Waals surface area (Å²) in [6.07, 6.45) is 2.70. The van der Waals surface area contributed by atoms with Gasteiger partial charge in [0.25, 0.3) is 0 Å². The number of carbonyl (C=O) groups excluding carboxylic acids is 1. The zero-order chi connectivity index (χ0) is 13.6. The number of carbonyl (C=O) groups is 1. The number of rotatable bonds is 6. The van der Waals surface area contributed by atoms with E-state index in [2.05, 4.69) is 5.32 Å². The molecule has 5 heteroatoms. The van der Waals surface area contributed by atoms with Crippen LogP contribution in [0.3, 0.4) is 0 Å². The first-order valence-corrected chi connectivity index (χ1v) is 6.73. The zero-order valence-corrected chi connectivity index (χ0v) is 11.5. The van der Waals surface area contributed by atoms with Crippen molar-refractivity contribution in [2.45, 2.75) is 45.1 Å². The Labute approximate surface area is 109 Å². The van der Waals surface area contributed by atoms with Gasteiger partial charge in [0.1, 0.15) is 0 Å². The molecule has 1 aliphatic rings. The maximum Gasteiger partial charge on any atom is 0.228 e. The largest absolute Gasteiger partial charge is 0.396 e. The summed E-state index contributed by atoms with van der Waals surface area (Å²) in [6, 6.07) is 0. The van der Waals surface area contributed by atoms with E-state index >= 15 is 0 Å². The lowest BCUT2D eigenvalue weighted by atomic mass is 9.78. The average molecular weight is 258 g/mol. The summed E-state index contributed by atoms with van der Waals surface area (Å²) in [4.78, 5) is 12.5. The Hall–Kier alpha value is -0.650. The van der Waals surface area contributed by atoms with Gasteiger partial charge in [-0.05, 0) is 32.6 Å². The predicted octanol–water partition coefficient (Wildman–Crippen LogP) is 0.409. The van der Waals surface area contributed by atoms with E-state index in [1.54, 1.807) is 0 Å². The van der Waals surface area contributed by atoms with Gasteiger partial charge in [-0.3, -0.25) is 4.79 Å². The summed E-state index contributed by atoms with van der Waals surface area (Å²) in [6.45, 7) is 5.57. The lowest BCUT2D eigenvalue weighted by Crippen LogP contribution is -2.56. The number of nitrogens with two attached hydrogens (primary N) is 1. The number of nitrogens with one attached hydrogen (secondary N) is 1. The highest BCUT2D eigenvalue weighted by Crippen LogP contribution is 2.31. The third-order valence-corrected chi connectivity index (χ3v) is 4.18. The summed E-state index contributed by atoms with van der Waals surface area (Å²) >= 11 is 0. The smallest absolute Gasteiger partial charge is 0.228 e. The summed E-state index contributed by atoms with van der Waals surface area (Å²) in [7, 11) is 0. The third kappa shape index (κ3) is 3.43. The van der Waals surface area contributed by atoms with Crippen LogP contribution in [-0.2, 0) is 9.53 Å². The van der Waals surface area contributed by atoms with E-state index in [0.29, 0.717) is 39.0 Å². The molecular weight excluding hydrogens is 232 g/mol. The molecule has 4 N–H and O–H groups in total. The minimum Gasteiger partial charge on any atom is -0.396 e. The minimum atomic E-state index is -0.496. The second-order valence-electron chi connectivity index (χ2n) is 5.44. The number of aliphatic hydroxyl groups excluding tert-OH is 1. The standard InChI is InChI=1S/C13H26N2O3/c1-3-12(2,4-7-16)15-11(17)13(10-14)5-8-18-9-6-13/h16H,3-10,14H2,1-2H3,(H,15,17). The van der Waals surface area contributed by atoms with Crippen molar-refractivity contribution in [1.82, 2.24) is 5.32 Å². The van der Waals surface area contributed by atoms with E-state index in [0.717, 1.165) is 6.42 Å². The Morgan fingerprint density at radius 2 is 2.11 bits per heavy atom. The fourth-order valence-electron chi connectivity index (χ4n) is 2.27. The topological polar surface area (TPSA) is 84.6 Å². The van der Waals surface area contributed by atoms with Crippen LogP contribution in [-0.4, -0.2) is 42.9 Å². The molecule has 0 saturated carbocycles. The molecule has 5 nitrogen and oxygen atoms in total. The van der Waals surface area contributed by atoms with Crippen molar-refractivity contribution in [3.63, 3.8) is 0 Å². The van der Waals surface area contributed by atoms with Crippen molar-refractivity contribution in [3.8, 4) is 0 Å².